The molecule has 0 saturated heterocycles. The molecule has 0 heterocycles. The van der Waals surface area contributed by atoms with Gasteiger partial charge in [-0.3, -0.25) is 9.59 Å². The van der Waals surface area contributed by atoms with Gasteiger partial charge in [0.1, 0.15) is 0 Å². The number of fused-ring (bicyclic) bond motifs is 5. The molecular formula is C20H29NO3. The van der Waals surface area contributed by atoms with Crippen molar-refractivity contribution < 1.29 is 14.7 Å². The Kier molecular flexibility index (Phi) is 3.68. The van der Waals surface area contributed by atoms with Gasteiger partial charge in [0.05, 0.1) is 6.61 Å². The number of hydrogen-bond donors (Lipinski definition) is 2. The highest BCUT2D eigenvalue weighted by molar-refractivity contribution is 5.91. The molecule has 0 aromatic rings. The van der Waals surface area contributed by atoms with Gasteiger partial charge in [-0.25, -0.2) is 0 Å². The molecule has 6 atom stereocenters. The number of nitrogens with two attached hydrogens (primary N) is 1. The summed E-state index contributed by atoms with van der Waals surface area (Å²) in [5.41, 5.74) is 6.77. The second-order valence-electron chi connectivity index (χ2n) is 8.94. The lowest BCUT2D eigenvalue weighted by molar-refractivity contribution is -0.131. The predicted octanol–water partition coefficient (Wildman–Crippen LogP) is 2.59. The summed E-state index contributed by atoms with van der Waals surface area (Å²) in [7, 11) is 0. The van der Waals surface area contributed by atoms with Crippen molar-refractivity contribution in [2.75, 3.05) is 6.61 Å². The third-order valence-electron chi connectivity index (χ3n) is 8.31. The Morgan fingerprint density at radius 3 is 2.71 bits per heavy atom. The molecule has 0 unspecified atom stereocenters. The Balaban J connectivity index is 1.69. The summed E-state index contributed by atoms with van der Waals surface area (Å²) in [6.07, 6.45) is 9.32. The van der Waals surface area contributed by atoms with Crippen LogP contribution in [0.1, 0.15) is 58.3 Å². The van der Waals surface area contributed by atoms with Crippen LogP contribution in [0.25, 0.3) is 0 Å². The molecule has 24 heavy (non-hydrogen) atoms. The maximum atomic E-state index is 11.9. The first-order valence-corrected chi connectivity index (χ1v) is 9.56. The maximum Gasteiger partial charge on any atom is 0.221 e. The van der Waals surface area contributed by atoms with E-state index in [1.165, 1.54) is 5.57 Å². The summed E-state index contributed by atoms with van der Waals surface area (Å²) in [5, 5.41) is 10.3. The van der Waals surface area contributed by atoms with Crippen LogP contribution in [0, 0.1) is 34.5 Å². The second kappa shape index (κ2) is 5.42. The van der Waals surface area contributed by atoms with Crippen molar-refractivity contribution in [1.29, 1.82) is 0 Å². The molecule has 4 aliphatic rings. The highest BCUT2D eigenvalue weighted by Gasteiger charge is 2.60. The van der Waals surface area contributed by atoms with Crippen LogP contribution in [0.3, 0.4) is 0 Å². The molecule has 4 nitrogen and oxygen atoms in total. The first kappa shape index (κ1) is 16.3. The lowest BCUT2D eigenvalue weighted by Crippen LogP contribution is -2.53. The van der Waals surface area contributed by atoms with Crippen molar-refractivity contribution >= 4 is 11.7 Å². The smallest absolute Gasteiger partial charge is 0.221 e. The van der Waals surface area contributed by atoms with Crippen LogP contribution in [0.5, 0.6) is 0 Å². The van der Waals surface area contributed by atoms with Crippen LogP contribution in [-0.4, -0.2) is 23.4 Å². The van der Waals surface area contributed by atoms with Crippen molar-refractivity contribution in [3.8, 4) is 0 Å². The van der Waals surface area contributed by atoms with Crippen LogP contribution in [0.4, 0.5) is 0 Å². The molecule has 0 aromatic carbocycles. The van der Waals surface area contributed by atoms with E-state index in [0.717, 1.165) is 44.9 Å². The third kappa shape index (κ3) is 2.01. The molecule has 0 bridgehead atoms. The van der Waals surface area contributed by atoms with Gasteiger partial charge in [0.25, 0.3) is 0 Å². The summed E-state index contributed by atoms with van der Waals surface area (Å²) in [6, 6.07) is 0. The predicted molar refractivity (Wildman–Crippen MR) is 90.8 cm³/mol. The minimum atomic E-state index is -0.178. The maximum absolute atomic E-state index is 11.9. The molecule has 132 valence electrons. The molecule has 3 fully saturated rings. The van der Waals surface area contributed by atoms with Gasteiger partial charge in [-0.1, -0.05) is 12.5 Å². The fraction of sp³-hybridized carbons (Fsp3) is 0.800. The fourth-order valence-corrected chi connectivity index (χ4v) is 7.13. The third-order valence-corrected chi connectivity index (χ3v) is 8.31. The van der Waals surface area contributed by atoms with Crippen LogP contribution in [0.2, 0.25) is 0 Å². The van der Waals surface area contributed by atoms with Crippen molar-refractivity contribution in [2.45, 2.75) is 58.3 Å². The molecule has 0 radical (unpaired) electrons. The van der Waals surface area contributed by atoms with Crippen molar-refractivity contribution in [3.63, 3.8) is 0 Å². The highest BCUT2D eigenvalue weighted by Crippen LogP contribution is 2.66. The van der Waals surface area contributed by atoms with Gasteiger partial charge >= 0.3 is 0 Å². The number of carbonyl (C=O) groups excluding carboxylic acids is 2. The van der Waals surface area contributed by atoms with Gasteiger partial charge in [-0.2, -0.15) is 0 Å². The number of amides is 1. The minimum absolute atomic E-state index is 0.0124. The van der Waals surface area contributed by atoms with Gasteiger partial charge in [-0.05, 0) is 74.2 Å². The zero-order valence-electron chi connectivity index (χ0n) is 14.6. The minimum Gasteiger partial charge on any atom is -0.395 e. The molecule has 4 rings (SSSR count). The molecule has 0 aromatic heterocycles. The standard InChI is InChI=1S/C20H29NO3/c1-19-8-7-16-14(15(19)4-5-17(19)18(21)24)3-2-12-10-13(23)6-9-20(12,16)11-22/h10,14-17,22H,2-9,11H2,1H3,(H2,21,24)/t14-,15-,16-,17+,19-,20-/m1/s1. The number of primary amides is 1. The Hall–Kier alpha value is -1.16. The largest absolute Gasteiger partial charge is 0.395 e. The van der Waals surface area contributed by atoms with E-state index >= 15 is 0 Å². The molecular weight excluding hydrogens is 302 g/mol. The van der Waals surface area contributed by atoms with Crippen LogP contribution in [-0.2, 0) is 9.59 Å². The van der Waals surface area contributed by atoms with E-state index in [1.54, 1.807) is 0 Å². The topological polar surface area (TPSA) is 80.4 Å². The van der Waals surface area contributed by atoms with Crippen molar-refractivity contribution in [3.05, 3.63) is 11.6 Å². The number of ketones is 1. The molecule has 3 saturated carbocycles. The Morgan fingerprint density at radius 2 is 2.00 bits per heavy atom. The van der Waals surface area contributed by atoms with Gasteiger partial charge in [0, 0.05) is 17.8 Å². The van der Waals surface area contributed by atoms with E-state index in [2.05, 4.69) is 6.92 Å². The van der Waals surface area contributed by atoms with E-state index in [4.69, 9.17) is 5.73 Å². The van der Waals surface area contributed by atoms with Gasteiger partial charge in [0.2, 0.25) is 5.91 Å². The van der Waals surface area contributed by atoms with E-state index in [-0.39, 0.29) is 35.0 Å². The number of carbonyl (C=O) groups is 2. The van der Waals surface area contributed by atoms with Crippen molar-refractivity contribution in [1.82, 2.24) is 0 Å². The first-order chi connectivity index (χ1) is 11.4. The summed E-state index contributed by atoms with van der Waals surface area (Å²) in [4.78, 5) is 23.8. The first-order valence-electron chi connectivity index (χ1n) is 9.56. The summed E-state index contributed by atoms with van der Waals surface area (Å²) in [6.45, 7) is 2.44. The van der Waals surface area contributed by atoms with Crippen LogP contribution >= 0.6 is 0 Å². The highest BCUT2D eigenvalue weighted by atomic mass is 16.3. The molecule has 0 aliphatic heterocycles. The zero-order valence-corrected chi connectivity index (χ0v) is 14.6. The second-order valence-corrected chi connectivity index (χ2v) is 8.94. The van der Waals surface area contributed by atoms with E-state index < -0.39 is 0 Å². The average molecular weight is 331 g/mol. The lowest BCUT2D eigenvalue weighted by atomic mass is 9.46. The SMILES string of the molecule is C[C@@]12CC[C@@H]3[C@H](CCC4=CC(=O)CC[C@@]43CO)[C@H]1CC[C@H]2C(N)=O. The summed E-state index contributed by atoms with van der Waals surface area (Å²) < 4.78 is 0. The fourth-order valence-electron chi connectivity index (χ4n) is 7.13. The van der Waals surface area contributed by atoms with Crippen LogP contribution in [0.15, 0.2) is 11.6 Å². The average Bonchev–Trinajstić information content (AvgIpc) is 2.91. The number of aliphatic hydroxyl groups is 1. The molecule has 0 spiro atoms. The molecule has 4 aliphatic carbocycles. The summed E-state index contributed by atoms with van der Waals surface area (Å²) >= 11 is 0. The van der Waals surface area contributed by atoms with Gasteiger partial charge in [0.15, 0.2) is 5.78 Å². The number of hydrogen-bond acceptors (Lipinski definition) is 3. The Morgan fingerprint density at radius 1 is 1.21 bits per heavy atom. The van der Waals surface area contributed by atoms with Gasteiger partial charge < -0.3 is 10.8 Å². The van der Waals surface area contributed by atoms with E-state index in [0.29, 0.717) is 24.2 Å². The quantitative estimate of drug-likeness (QED) is 0.816. The van der Waals surface area contributed by atoms with Gasteiger partial charge in [-0.15, -0.1) is 0 Å². The molecule has 1 amide bonds. The Bertz CT molecular complexity index is 612. The Labute approximate surface area is 143 Å². The van der Waals surface area contributed by atoms with Crippen molar-refractivity contribution in [2.24, 2.45) is 40.2 Å². The van der Waals surface area contributed by atoms with E-state index in [9.17, 15) is 14.7 Å². The monoisotopic (exact) mass is 331 g/mol. The lowest BCUT2D eigenvalue weighted by Gasteiger charge is -2.58. The van der Waals surface area contributed by atoms with Crippen LogP contribution < -0.4 is 5.73 Å². The number of aliphatic hydroxyl groups excluding tert-OH is 1. The number of rotatable bonds is 2. The molecule has 4 heteroatoms. The zero-order chi connectivity index (χ0) is 17.1. The molecule has 3 N–H and O–H groups in total. The van der Waals surface area contributed by atoms with E-state index in [1.807, 2.05) is 6.08 Å². The normalized spacial score (nSPS) is 47.4. The summed E-state index contributed by atoms with van der Waals surface area (Å²) in [5.74, 6) is 1.67.